The van der Waals surface area contributed by atoms with Crippen molar-refractivity contribution in [1.29, 1.82) is 0 Å². The number of carbonyl (C=O) groups excluding carboxylic acids is 1. The van der Waals surface area contributed by atoms with Gasteiger partial charge in [0.05, 0.1) is 0 Å². The number of hydrogen-bond acceptors (Lipinski definition) is 4. The van der Waals surface area contributed by atoms with Crippen molar-refractivity contribution < 1.29 is 4.79 Å². The number of rotatable bonds is 2. The molecule has 0 N–H and O–H groups in total. The summed E-state index contributed by atoms with van der Waals surface area (Å²) in [7, 11) is 0. The molecule has 1 unspecified atom stereocenters. The Balaban J connectivity index is 1.77. The minimum atomic E-state index is 0.664. The predicted octanol–water partition coefficient (Wildman–Crippen LogP) is 1.88. The van der Waals surface area contributed by atoms with E-state index in [1.165, 1.54) is 25.8 Å². The number of fused-ring (bicyclic) bond motifs is 1. The molecule has 4 heteroatoms. The third-order valence-corrected chi connectivity index (χ3v) is 4.34. The summed E-state index contributed by atoms with van der Waals surface area (Å²) >= 11 is 0. The zero-order valence-corrected chi connectivity index (χ0v) is 11.5. The van der Waals surface area contributed by atoms with Crippen molar-refractivity contribution in [3.8, 4) is 0 Å². The Hall–Kier alpha value is -1.42. The van der Waals surface area contributed by atoms with E-state index in [2.05, 4.69) is 14.8 Å². The highest BCUT2D eigenvalue weighted by Gasteiger charge is 2.29. The zero-order valence-electron chi connectivity index (χ0n) is 11.5. The maximum atomic E-state index is 10.8. The molecule has 102 valence electrons. The van der Waals surface area contributed by atoms with Gasteiger partial charge in [0.2, 0.25) is 0 Å². The van der Waals surface area contributed by atoms with Crippen LogP contribution in [-0.2, 0) is 0 Å². The number of anilines is 1. The van der Waals surface area contributed by atoms with Gasteiger partial charge in [0, 0.05) is 37.4 Å². The molecule has 2 saturated heterocycles. The highest BCUT2D eigenvalue weighted by Crippen LogP contribution is 2.25. The Kier molecular flexibility index (Phi) is 3.51. The first-order valence-corrected chi connectivity index (χ1v) is 7.19. The van der Waals surface area contributed by atoms with E-state index >= 15 is 0 Å². The van der Waals surface area contributed by atoms with Crippen LogP contribution in [-0.4, -0.2) is 48.4 Å². The fourth-order valence-electron chi connectivity index (χ4n) is 3.33. The highest BCUT2D eigenvalue weighted by molar-refractivity contribution is 5.75. The number of hydrogen-bond donors (Lipinski definition) is 0. The Morgan fingerprint density at radius 2 is 2.21 bits per heavy atom. The lowest BCUT2D eigenvalue weighted by Crippen LogP contribution is -2.55. The average molecular weight is 259 g/mol. The quantitative estimate of drug-likeness (QED) is 0.760. The van der Waals surface area contributed by atoms with Gasteiger partial charge in [-0.3, -0.25) is 9.69 Å². The Bertz CT molecular complexity index is 474. The molecule has 0 spiro atoms. The van der Waals surface area contributed by atoms with Crippen LogP contribution in [0.5, 0.6) is 0 Å². The first-order valence-electron chi connectivity index (χ1n) is 7.19. The SMILES string of the molecule is Cc1cc(C=O)cnc1N1CCN2CCCCC2C1. The van der Waals surface area contributed by atoms with E-state index in [1.54, 1.807) is 6.20 Å². The van der Waals surface area contributed by atoms with Crippen LogP contribution in [0.1, 0.15) is 35.2 Å². The minimum absolute atomic E-state index is 0.664. The van der Waals surface area contributed by atoms with Gasteiger partial charge in [0.25, 0.3) is 0 Å². The first kappa shape index (κ1) is 12.6. The normalized spacial score (nSPS) is 24.1. The molecule has 4 nitrogen and oxygen atoms in total. The monoisotopic (exact) mass is 259 g/mol. The summed E-state index contributed by atoms with van der Waals surface area (Å²) in [5.41, 5.74) is 1.77. The fraction of sp³-hybridized carbons (Fsp3) is 0.600. The number of aryl methyl sites for hydroxylation is 1. The van der Waals surface area contributed by atoms with Gasteiger partial charge in [-0.15, -0.1) is 0 Å². The molecule has 3 heterocycles. The van der Waals surface area contributed by atoms with Gasteiger partial charge in [-0.2, -0.15) is 0 Å². The van der Waals surface area contributed by atoms with E-state index in [0.29, 0.717) is 11.6 Å². The van der Waals surface area contributed by atoms with E-state index in [1.807, 2.05) is 13.0 Å². The predicted molar refractivity (Wildman–Crippen MR) is 75.8 cm³/mol. The lowest BCUT2D eigenvalue weighted by atomic mass is 9.99. The molecule has 1 aromatic rings. The molecule has 1 atom stereocenters. The molecule has 3 rings (SSSR count). The van der Waals surface area contributed by atoms with Crippen LogP contribution in [0.4, 0.5) is 5.82 Å². The fourth-order valence-corrected chi connectivity index (χ4v) is 3.33. The average Bonchev–Trinajstić information content (AvgIpc) is 2.46. The molecule has 2 aliphatic heterocycles. The van der Waals surface area contributed by atoms with Crippen molar-refractivity contribution in [3.05, 3.63) is 23.4 Å². The molecule has 0 saturated carbocycles. The van der Waals surface area contributed by atoms with Gasteiger partial charge in [-0.25, -0.2) is 4.98 Å². The maximum absolute atomic E-state index is 10.8. The van der Waals surface area contributed by atoms with Crippen molar-refractivity contribution >= 4 is 12.1 Å². The Labute approximate surface area is 114 Å². The zero-order chi connectivity index (χ0) is 13.2. The summed E-state index contributed by atoms with van der Waals surface area (Å²) in [6.45, 7) is 6.57. The molecular weight excluding hydrogens is 238 g/mol. The second-order valence-electron chi connectivity index (χ2n) is 5.66. The third kappa shape index (κ3) is 2.50. The van der Waals surface area contributed by atoms with E-state index in [0.717, 1.165) is 37.3 Å². The van der Waals surface area contributed by atoms with Crippen molar-refractivity contribution in [3.63, 3.8) is 0 Å². The van der Waals surface area contributed by atoms with Gasteiger partial charge in [0.1, 0.15) is 5.82 Å². The smallest absolute Gasteiger partial charge is 0.151 e. The molecule has 1 aromatic heterocycles. The number of aromatic nitrogens is 1. The highest BCUT2D eigenvalue weighted by atomic mass is 16.1. The molecule has 0 aliphatic carbocycles. The second kappa shape index (κ2) is 5.29. The number of aldehydes is 1. The summed E-state index contributed by atoms with van der Waals surface area (Å²) in [6, 6.07) is 2.62. The van der Waals surface area contributed by atoms with Crippen LogP contribution in [0.15, 0.2) is 12.3 Å². The van der Waals surface area contributed by atoms with Crippen LogP contribution < -0.4 is 4.90 Å². The number of pyridine rings is 1. The second-order valence-corrected chi connectivity index (χ2v) is 5.66. The summed E-state index contributed by atoms with van der Waals surface area (Å²) in [5, 5.41) is 0. The van der Waals surface area contributed by atoms with Crippen molar-refractivity contribution in [1.82, 2.24) is 9.88 Å². The van der Waals surface area contributed by atoms with E-state index in [-0.39, 0.29) is 0 Å². The maximum Gasteiger partial charge on any atom is 0.151 e. The molecule has 0 amide bonds. The van der Waals surface area contributed by atoms with Crippen molar-refractivity contribution in [2.45, 2.75) is 32.2 Å². The van der Waals surface area contributed by atoms with E-state index in [4.69, 9.17) is 0 Å². The Morgan fingerprint density at radius 3 is 3.00 bits per heavy atom. The first-order chi connectivity index (χ1) is 9.28. The molecule has 0 aromatic carbocycles. The molecule has 2 fully saturated rings. The number of carbonyl (C=O) groups is 1. The summed E-state index contributed by atoms with van der Waals surface area (Å²) in [4.78, 5) is 20.3. The van der Waals surface area contributed by atoms with Crippen LogP contribution in [0.3, 0.4) is 0 Å². The molecule has 2 aliphatic rings. The summed E-state index contributed by atoms with van der Waals surface area (Å²) in [6.07, 6.45) is 6.56. The van der Waals surface area contributed by atoms with Crippen LogP contribution in [0.25, 0.3) is 0 Å². The summed E-state index contributed by atoms with van der Waals surface area (Å²) < 4.78 is 0. The number of nitrogens with zero attached hydrogens (tertiary/aromatic N) is 3. The van der Waals surface area contributed by atoms with Gasteiger partial charge >= 0.3 is 0 Å². The molecular formula is C15H21N3O. The van der Waals surface area contributed by atoms with Gasteiger partial charge in [-0.05, 0) is 37.9 Å². The van der Waals surface area contributed by atoms with E-state index in [9.17, 15) is 4.79 Å². The topological polar surface area (TPSA) is 36.4 Å². The summed E-state index contributed by atoms with van der Waals surface area (Å²) in [5.74, 6) is 1.05. The van der Waals surface area contributed by atoms with Crippen molar-refractivity contribution in [2.75, 3.05) is 31.1 Å². The van der Waals surface area contributed by atoms with Gasteiger partial charge in [-0.1, -0.05) is 6.42 Å². The third-order valence-electron chi connectivity index (χ3n) is 4.34. The Morgan fingerprint density at radius 1 is 1.32 bits per heavy atom. The number of piperazine rings is 1. The van der Waals surface area contributed by atoms with Crippen LogP contribution >= 0.6 is 0 Å². The largest absolute Gasteiger partial charge is 0.354 e. The standard InChI is InChI=1S/C15H21N3O/c1-12-8-13(11-19)9-16-15(12)18-7-6-17-5-3-2-4-14(17)10-18/h8-9,11,14H,2-7,10H2,1H3. The van der Waals surface area contributed by atoms with Crippen LogP contribution in [0.2, 0.25) is 0 Å². The molecule has 19 heavy (non-hydrogen) atoms. The molecule has 0 bridgehead atoms. The van der Waals surface area contributed by atoms with Gasteiger partial charge < -0.3 is 4.90 Å². The van der Waals surface area contributed by atoms with Crippen LogP contribution in [0, 0.1) is 6.92 Å². The van der Waals surface area contributed by atoms with E-state index < -0.39 is 0 Å². The lowest BCUT2D eigenvalue weighted by Gasteiger charge is -2.44. The van der Waals surface area contributed by atoms with Crippen molar-refractivity contribution in [2.24, 2.45) is 0 Å². The van der Waals surface area contributed by atoms with Gasteiger partial charge in [0.15, 0.2) is 6.29 Å². The molecule has 0 radical (unpaired) electrons. The minimum Gasteiger partial charge on any atom is -0.354 e. The number of piperidine rings is 1. The lowest BCUT2D eigenvalue weighted by molar-refractivity contribution is 0.112.